The van der Waals surface area contributed by atoms with Crippen molar-refractivity contribution in [2.45, 2.75) is 51.2 Å². The van der Waals surface area contributed by atoms with E-state index < -0.39 is 0 Å². The van der Waals surface area contributed by atoms with Crippen LogP contribution in [0.3, 0.4) is 0 Å². The predicted molar refractivity (Wildman–Crippen MR) is 175 cm³/mol. The Hall–Kier alpha value is -4.26. The van der Waals surface area contributed by atoms with Crippen LogP contribution in [0.1, 0.15) is 43.2 Å². The highest BCUT2D eigenvalue weighted by Gasteiger charge is 2.34. The number of carbonyl (C=O) groups is 2. The fraction of sp³-hybridized carbons (Fsp3) is 0.364. The summed E-state index contributed by atoms with van der Waals surface area (Å²) in [6.07, 6.45) is 1.44. The van der Waals surface area contributed by atoms with Gasteiger partial charge < -0.3 is 15.4 Å². The molecule has 0 unspecified atom stereocenters. The van der Waals surface area contributed by atoms with E-state index >= 15 is 0 Å². The molecule has 234 valence electrons. The van der Waals surface area contributed by atoms with Gasteiger partial charge in [0, 0.05) is 42.4 Å². The average Bonchev–Trinajstić information content (AvgIpc) is 3.47. The van der Waals surface area contributed by atoms with Gasteiger partial charge in [0.05, 0.1) is 36.9 Å². The topological polar surface area (TPSA) is 118 Å². The molecule has 12 heteroatoms. The first-order valence-corrected chi connectivity index (χ1v) is 16.1. The van der Waals surface area contributed by atoms with Gasteiger partial charge in [-0.15, -0.1) is 0 Å². The number of nitrogens with one attached hydrogen (secondary N) is 2. The van der Waals surface area contributed by atoms with Gasteiger partial charge in [-0.1, -0.05) is 62.4 Å². The predicted octanol–water partition coefficient (Wildman–Crippen LogP) is 5.19. The van der Waals surface area contributed by atoms with E-state index in [0.717, 1.165) is 61.0 Å². The number of amides is 3. The molecule has 2 N–H and O–H groups in total. The molecule has 2 aromatic heterocycles. The molecule has 2 aromatic carbocycles. The summed E-state index contributed by atoms with van der Waals surface area (Å²) in [4.78, 5) is 39.3. The van der Waals surface area contributed by atoms with Crippen molar-refractivity contribution in [1.82, 2.24) is 30.0 Å². The number of thioether (sulfide) groups is 1. The van der Waals surface area contributed by atoms with E-state index in [1.165, 1.54) is 23.7 Å². The number of urea groups is 1. The molecule has 0 aliphatic carbocycles. The summed E-state index contributed by atoms with van der Waals surface area (Å²) in [7, 11) is 0. The van der Waals surface area contributed by atoms with Gasteiger partial charge in [0.15, 0.2) is 5.82 Å². The second-order valence-corrected chi connectivity index (χ2v) is 13.2. The zero-order valence-corrected chi connectivity index (χ0v) is 26.9. The lowest BCUT2D eigenvalue weighted by Crippen LogP contribution is -2.43. The van der Waals surface area contributed by atoms with Gasteiger partial charge in [-0.05, 0) is 36.8 Å². The van der Waals surface area contributed by atoms with Crippen LogP contribution in [0.4, 0.5) is 22.1 Å². The molecule has 1 saturated heterocycles. The maximum Gasteiger partial charge on any atom is 0.329 e. The molecular formula is C33H38N8O3S. The number of carbonyl (C=O) groups excluding carboxylic acids is 2. The highest BCUT2D eigenvalue weighted by Crippen LogP contribution is 2.37. The van der Waals surface area contributed by atoms with E-state index in [0.29, 0.717) is 16.7 Å². The standard InChI is InChI=1S/C33H38N8O3S/c1-22-5-11-25(12-6-22)41-29(17-27(38-41)33(2,3)4)40-30-26(18-34-32(40)43)31(36-21-35-30)45-20-28(42)37-24-9-7-23(8-10-24)19-39-13-15-44-16-14-39/h5-12,17,21H,13-16,18-20H2,1-4H3,(H,34,43)(H,37,42). The summed E-state index contributed by atoms with van der Waals surface area (Å²) in [5, 5.41) is 11.5. The molecule has 0 radical (unpaired) electrons. The second kappa shape index (κ2) is 13.0. The van der Waals surface area contributed by atoms with Gasteiger partial charge in [0.1, 0.15) is 17.2 Å². The summed E-state index contributed by atoms with van der Waals surface area (Å²) < 4.78 is 7.21. The van der Waals surface area contributed by atoms with Gasteiger partial charge in [-0.2, -0.15) is 5.10 Å². The molecule has 11 nitrogen and oxygen atoms in total. The molecule has 4 aromatic rings. The van der Waals surface area contributed by atoms with Crippen LogP contribution in [0, 0.1) is 6.92 Å². The Bertz CT molecular complexity index is 1680. The molecule has 2 aliphatic heterocycles. The van der Waals surface area contributed by atoms with Crippen LogP contribution < -0.4 is 15.5 Å². The zero-order valence-electron chi connectivity index (χ0n) is 26.0. The Morgan fingerprint density at radius 3 is 2.49 bits per heavy atom. The number of anilines is 3. The molecule has 45 heavy (non-hydrogen) atoms. The molecule has 6 rings (SSSR count). The SMILES string of the molecule is Cc1ccc(-n2nc(C(C)(C)C)cc2N2C(=O)NCc3c(SCC(=O)Nc4ccc(CN5CCOCC5)cc4)ncnc32)cc1. The summed E-state index contributed by atoms with van der Waals surface area (Å²) in [6, 6.07) is 17.6. The van der Waals surface area contributed by atoms with E-state index in [2.05, 4.69) is 46.3 Å². The van der Waals surface area contributed by atoms with Crippen molar-refractivity contribution in [2.24, 2.45) is 0 Å². The monoisotopic (exact) mass is 626 g/mol. The van der Waals surface area contributed by atoms with Crippen LogP contribution in [0.25, 0.3) is 5.69 Å². The largest absolute Gasteiger partial charge is 0.379 e. The van der Waals surface area contributed by atoms with Gasteiger partial charge in [0.2, 0.25) is 5.91 Å². The normalized spacial score (nSPS) is 15.5. The van der Waals surface area contributed by atoms with E-state index in [1.807, 2.05) is 61.5 Å². The lowest BCUT2D eigenvalue weighted by atomic mass is 9.92. The summed E-state index contributed by atoms with van der Waals surface area (Å²) in [5.41, 5.74) is 5.24. The third-order valence-electron chi connectivity index (χ3n) is 7.77. The van der Waals surface area contributed by atoms with Crippen LogP contribution in [0.5, 0.6) is 0 Å². The number of fused-ring (bicyclic) bond motifs is 1. The minimum absolute atomic E-state index is 0.141. The average molecular weight is 627 g/mol. The molecule has 0 saturated carbocycles. The van der Waals surface area contributed by atoms with Gasteiger partial charge in [0.25, 0.3) is 0 Å². The van der Waals surface area contributed by atoms with Gasteiger partial charge >= 0.3 is 6.03 Å². The number of rotatable bonds is 8. The van der Waals surface area contributed by atoms with Gasteiger partial charge in [-0.3, -0.25) is 9.69 Å². The van der Waals surface area contributed by atoms with Crippen molar-refractivity contribution in [3.63, 3.8) is 0 Å². The van der Waals surface area contributed by atoms with Crippen molar-refractivity contribution in [2.75, 3.05) is 42.3 Å². The number of morpholine rings is 1. The number of aryl methyl sites for hydroxylation is 1. The minimum atomic E-state index is -0.305. The van der Waals surface area contributed by atoms with Crippen LogP contribution in [0.2, 0.25) is 0 Å². The second-order valence-electron chi connectivity index (χ2n) is 12.3. The fourth-order valence-corrected chi connectivity index (χ4v) is 6.03. The molecule has 0 bridgehead atoms. The van der Waals surface area contributed by atoms with Crippen LogP contribution in [-0.4, -0.2) is 68.6 Å². The van der Waals surface area contributed by atoms with E-state index in [-0.39, 0.29) is 29.7 Å². The highest BCUT2D eigenvalue weighted by molar-refractivity contribution is 8.00. The Morgan fingerprint density at radius 2 is 1.78 bits per heavy atom. The first-order chi connectivity index (χ1) is 21.7. The number of hydrogen-bond acceptors (Lipinski definition) is 8. The van der Waals surface area contributed by atoms with E-state index in [4.69, 9.17) is 9.84 Å². The fourth-order valence-electron chi connectivity index (χ4n) is 5.23. The molecule has 4 heterocycles. The zero-order chi connectivity index (χ0) is 31.6. The van der Waals surface area contributed by atoms with Crippen molar-refractivity contribution in [3.8, 4) is 5.69 Å². The quantitative estimate of drug-likeness (QED) is 0.203. The summed E-state index contributed by atoms with van der Waals surface area (Å²) >= 11 is 1.32. The van der Waals surface area contributed by atoms with Crippen LogP contribution in [-0.2, 0) is 28.0 Å². The van der Waals surface area contributed by atoms with Crippen molar-refractivity contribution >= 4 is 41.0 Å². The maximum atomic E-state index is 13.4. The number of benzene rings is 2. The minimum Gasteiger partial charge on any atom is -0.379 e. The molecule has 0 spiro atoms. The number of hydrogen-bond donors (Lipinski definition) is 2. The Labute approximate surface area is 267 Å². The number of nitrogens with zero attached hydrogens (tertiary/aromatic N) is 6. The number of ether oxygens (including phenoxy) is 1. The van der Waals surface area contributed by atoms with Crippen molar-refractivity contribution in [3.05, 3.63) is 83.3 Å². The van der Waals surface area contributed by atoms with Crippen LogP contribution >= 0.6 is 11.8 Å². The first kappa shape index (κ1) is 30.8. The first-order valence-electron chi connectivity index (χ1n) is 15.1. The lowest BCUT2D eigenvalue weighted by molar-refractivity contribution is -0.113. The number of aromatic nitrogens is 4. The third kappa shape index (κ3) is 7.03. The maximum absolute atomic E-state index is 13.4. The molecular weight excluding hydrogens is 588 g/mol. The highest BCUT2D eigenvalue weighted by atomic mass is 32.2. The molecule has 2 aliphatic rings. The Balaban J connectivity index is 1.19. The van der Waals surface area contributed by atoms with Gasteiger partial charge in [-0.25, -0.2) is 24.3 Å². The van der Waals surface area contributed by atoms with Crippen molar-refractivity contribution in [1.29, 1.82) is 0 Å². The van der Waals surface area contributed by atoms with Crippen molar-refractivity contribution < 1.29 is 14.3 Å². The van der Waals surface area contributed by atoms with E-state index in [1.54, 1.807) is 9.58 Å². The third-order valence-corrected chi connectivity index (χ3v) is 8.80. The van der Waals surface area contributed by atoms with Crippen LogP contribution in [0.15, 0.2) is 66.0 Å². The smallest absolute Gasteiger partial charge is 0.329 e. The molecule has 3 amide bonds. The lowest BCUT2D eigenvalue weighted by Gasteiger charge is -2.29. The molecule has 1 fully saturated rings. The Morgan fingerprint density at radius 1 is 1.04 bits per heavy atom. The summed E-state index contributed by atoms with van der Waals surface area (Å²) in [5.74, 6) is 1.06. The molecule has 0 atom stereocenters. The summed E-state index contributed by atoms with van der Waals surface area (Å²) in [6.45, 7) is 12.8. The Kier molecular flexibility index (Phi) is 8.88. The van der Waals surface area contributed by atoms with E-state index in [9.17, 15) is 9.59 Å².